The predicted octanol–water partition coefficient (Wildman–Crippen LogP) is 2.60. The Morgan fingerprint density at radius 2 is 2.29 bits per heavy atom. The second-order valence-electron chi connectivity index (χ2n) is 4.32. The van der Waals surface area contributed by atoms with E-state index in [0.29, 0.717) is 22.5 Å². The minimum Gasteiger partial charge on any atom is -0.381 e. The van der Waals surface area contributed by atoms with Gasteiger partial charge in [-0.25, -0.2) is 0 Å². The zero-order valence-corrected chi connectivity index (χ0v) is 11.1. The fourth-order valence-corrected chi connectivity index (χ4v) is 3.54. The van der Waals surface area contributed by atoms with Crippen LogP contribution in [0.5, 0.6) is 0 Å². The maximum atomic E-state index is 11.0. The summed E-state index contributed by atoms with van der Waals surface area (Å²) in [5, 5.41) is 3.84. The standard InChI is InChI=1S/C12H15ClN2OS/c1-7-5-17-6-11(7)15-8-2-3-9(12(14)16)10(13)4-8/h2-4,7,11,15H,5-6H2,1H3,(H2,14,16). The van der Waals surface area contributed by atoms with Gasteiger partial charge in [0.2, 0.25) is 5.91 Å². The van der Waals surface area contributed by atoms with Gasteiger partial charge in [0.1, 0.15) is 0 Å². The predicted molar refractivity (Wildman–Crippen MR) is 73.9 cm³/mol. The topological polar surface area (TPSA) is 55.1 Å². The Kier molecular flexibility index (Phi) is 3.84. The molecular weight excluding hydrogens is 256 g/mol. The van der Waals surface area contributed by atoms with Crippen molar-refractivity contribution >= 4 is 35.0 Å². The Bertz CT molecular complexity index is 439. The van der Waals surface area contributed by atoms with Gasteiger partial charge in [-0.1, -0.05) is 18.5 Å². The molecule has 1 aromatic rings. The molecule has 0 spiro atoms. The number of carbonyl (C=O) groups is 1. The van der Waals surface area contributed by atoms with Crippen molar-refractivity contribution in [3.8, 4) is 0 Å². The van der Waals surface area contributed by atoms with E-state index in [1.165, 1.54) is 5.75 Å². The Hall–Kier alpha value is -0.870. The number of hydrogen-bond donors (Lipinski definition) is 2. The summed E-state index contributed by atoms with van der Waals surface area (Å²) in [4.78, 5) is 11.0. The van der Waals surface area contributed by atoms with E-state index in [9.17, 15) is 4.79 Å². The van der Waals surface area contributed by atoms with E-state index in [1.807, 2.05) is 17.8 Å². The van der Waals surface area contributed by atoms with Gasteiger partial charge in [0.05, 0.1) is 10.6 Å². The molecule has 1 aliphatic heterocycles. The molecule has 1 heterocycles. The first-order chi connectivity index (χ1) is 8.08. The number of nitrogens with one attached hydrogen (secondary N) is 1. The van der Waals surface area contributed by atoms with Crippen LogP contribution in [-0.4, -0.2) is 23.5 Å². The van der Waals surface area contributed by atoms with Crippen LogP contribution in [-0.2, 0) is 0 Å². The van der Waals surface area contributed by atoms with Crippen LogP contribution in [0.25, 0.3) is 0 Å². The van der Waals surface area contributed by atoms with Gasteiger partial charge in [-0.3, -0.25) is 4.79 Å². The molecule has 5 heteroatoms. The summed E-state index contributed by atoms with van der Waals surface area (Å²) in [5.41, 5.74) is 6.51. The monoisotopic (exact) mass is 270 g/mol. The molecule has 0 saturated carbocycles. The number of benzene rings is 1. The van der Waals surface area contributed by atoms with Crippen LogP contribution in [0.1, 0.15) is 17.3 Å². The highest BCUT2D eigenvalue weighted by molar-refractivity contribution is 7.99. The Morgan fingerprint density at radius 1 is 1.53 bits per heavy atom. The molecule has 1 amide bonds. The molecule has 0 aliphatic carbocycles. The van der Waals surface area contributed by atoms with Gasteiger partial charge in [-0.05, 0) is 29.9 Å². The molecule has 0 bridgehead atoms. The van der Waals surface area contributed by atoms with E-state index in [0.717, 1.165) is 11.4 Å². The molecular formula is C12H15ClN2OS. The summed E-state index contributed by atoms with van der Waals surface area (Å²) >= 11 is 7.95. The third kappa shape index (κ3) is 2.87. The van der Waals surface area contributed by atoms with Gasteiger partial charge in [-0.2, -0.15) is 11.8 Å². The molecule has 0 radical (unpaired) electrons. The largest absolute Gasteiger partial charge is 0.381 e. The summed E-state index contributed by atoms with van der Waals surface area (Å²) in [6, 6.07) is 5.74. The van der Waals surface area contributed by atoms with Gasteiger partial charge >= 0.3 is 0 Å². The van der Waals surface area contributed by atoms with Crippen LogP contribution in [0.2, 0.25) is 5.02 Å². The molecule has 1 aromatic carbocycles. The van der Waals surface area contributed by atoms with E-state index in [4.69, 9.17) is 17.3 Å². The number of hydrogen-bond acceptors (Lipinski definition) is 3. The molecule has 3 nitrogen and oxygen atoms in total. The molecule has 92 valence electrons. The quantitative estimate of drug-likeness (QED) is 0.888. The normalized spacial score (nSPS) is 23.6. The number of primary amides is 1. The maximum absolute atomic E-state index is 11.0. The lowest BCUT2D eigenvalue weighted by Crippen LogP contribution is -2.25. The van der Waals surface area contributed by atoms with Gasteiger partial charge in [-0.15, -0.1) is 0 Å². The number of nitrogens with two attached hydrogens (primary N) is 1. The minimum atomic E-state index is -0.494. The first-order valence-corrected chi connectivity index (χ1v) is 7.05. The van der Waals surface area contributed by atoms with E-state index in [2.05, 4.69) is 12.2 Å². The number of amides is 1. The van der Waals surface area contributed by atoms with Crippen molar-refractivity contribution in [1.82, 2.24) is 0 Å². The molecule has 1 saturated heterocycles. The van der Waals surface area contributed by atoms with Crippen LogP contribution < -0.4 is 11.1 Å². The number of carbonyl (C=O) groups excluding carboxylic acids is 1. The second kappa shape index (κ2) is 5.19. The highest BCUT2D eigenvalue weighted by atomic mass is 35.5. The number of anilines is 1. The molecule has 17 heavy (non-hydrogen) atoms. The Balaban J connectivity index is 2.12. The summed E-state index contributed by atoms with van der Waals surface area (Å²) in [5.74, 6) is 2.45. The lowest BCUT2D eigenvalue weighted by Gasteiger charge is -2.18. The molecule has 0 aromatic heterocycles. The molecule has 2 atom stereocenters. The Labute approximate surface area is 110 Å². The fourth-order valence-electron chi connectivity index (χ4n) is 1.86. The lowest BCUT2D eigenvalue weighted by atomic mass is 10.1. The smallest absolute Gasteiger partial charge is 0.250 e. The van der Waals surface area contributed by atoms with Crippen molar-refractivity contribution in [3.05, 3.63) is 28.8 Å². The van der Waals surface area contributed by atoms with Crippen molar-refractivity contribution in [2.24, 2.45) is 11.7 Å². The highest BCUT2D eigenvalue weighted by Crippen LogP contribution is 2.28. The molecule has 1 aliphatic rings. The van der Waals surface area contributed by atoms with Crippen LogP contribution in [0.15, 0.2) is 18.2 Å². The van der Waals surface area contributed by atoms with Crippen LogP contribution >= 0.6 is 23.4 Å². The zero-order chi connectivity index (χ0) is 12.4. The van der Waals surface area contributed by atoms with Gasteiger partial charge < -0.3 is 11.1 Å². The minimum absolute atomic E-state index is 0.367. The van der Waals surface area contributed by atoms with Crippen LogP contribution in [0, 0.1) is 5.92 Å². The summed E-state index contributed by atoms with van der Waals surface area (Å²) in [6.45, 7) is 2.23. The van der Waals surface area contributed by atoms with Gasteiger partial charge in [0.25, 0.3) is 0 Å². The maximum Gasteiger partial charge on any atom is 0.250 e. The van der Waals surface area contributed by atoms with E-state index in [-0.39, 0.29) is 0 Å². The molecule has 3 N–H and O–H groups in total. The van der Waals surface area contributed by atoms with Crippen molar-refractivity contribution < 1.29 is 4.79 Å². The number of halogens is 1. The first kappa shape index (κ1) is 12.6. The van der Waals surface area contributed by atoms with Gasteiger partial charge in [0, 0.05) is 17.5 Å². The lowest BCUT2D eigenvalue weighted by molar-refractivity contribution is 0.100. The van der Waals surface area contributed by atoms with Crippen molar-refractivity contribution in [2.45, 2.75) is 13.0 Å². The highest BCUT2D eigenvalue weighted by Gasteiger charge is 2.23. The Morgan fingerprint density at radius 3 is 2.82 bits per heavy atom. The second-order valence-corrected chi connectivity index (χ2v) is 5.81. The third-order valence-corrected chi connectivity index (χ3v) is 4.62. The first-order valence-electron chi connectivity index (χ1n) is 5.51. The van der Waals surface area contributed by atoms with Crippen molar-refractivity contribution in [1.29, 1.82) is 0 Å². The van der Waals surface area contributed by atoms with E-state index < -0.39 is 5.91 Å². The van der Waals surface area contributed by atoms with Crippen LogP contribution in [0.3, 0.4) is 0 Å². The summed E-state index contributed by atoms with van der Waals surface area (Å²) < 4.78 is 0. The van der Waals surface area contributed by atoms with Crippen molar-refractivity contribution in [3.63, 3.8) is 0 Å². The molecule has 2 rings (SSSR count). The molecule has 2 unspecified atom stereocenters. The number of rotatable bonds is 3. The van der Waals surface area contributed by atoms with E-state index >= 15 is 0 Å². The van der Waals surface area contributed by atoms with Crippen molar-refractivity contribution in [2.75, 3.05) is 16.8 Å². The third-order valence-electron chi connectivity index (χ3n) is 2.95. The average Bonchev–Trinajstić information content (AvgIpc) is 2.64. The van der Waals surface area contributed by atoms with Gasteiger partial charge in [0.15, 0.2) is 0 Å². The number of thioether (sulfide) groups is 1. The molecule has 1 fully saturated rings. The average molecular weight is 271 g/mol. The summed E-state index contributed by atoms with van der Waals surface area (Å²) in [6.07, 6.45) is 0. The van der Waals surface area contributed by atoms with E-state index in [1.54, 1.807) is 12.1 Å². The fraction of sp³-hybridized carbons (Fsp3) is 0.417. The zero-order valence-electron chi connectivity index (χ0n) is 9.57. The SMILES string of the molecule is CC1CSCC1Nc1ccc(C(N)=O)c(Cl)c1. The summed E-state index contributed by atoms with van der Waals surface area (Å²) in [7, 11) is 0. The van der Waals surface area contributed by atoms with Crippen LogP contribution in [0.4, 0.5) is 5.69 Å².